The minimum atomic E-state index is -3.64. The van der Waals surface area contributed by atoms with Gasteiger partial charge in [0.2, 0.25) is 21.7 Å². The molecular weight excluding hydrogens is 373 g/mol. The van der Waals surface area contributed by atoms with E-state index in [-0.39, 0.29) is 12.4 Å². The predicted octanol–water partition coefficient (Wildman–Crippen LogP) is 3.24. The summed E-state index contributed by atoms with van der Waals surface area (Å²) >= 11 is 0. The molecule has 9 heteroatoms. The Kier molecular flexibility index (Phi) is 5.41. The van der Waals surface area contributed by atoms with Crippen LogP contribution in [0.3, 0.4) is 0 Å². The first-order valence-electron chi connectivity index (χ1n) is 8.16. The van der Waals surface area contributed by atoms with Gasteiger partial charge >= 0.3 is 0 Å². The molecule has 0 atom stereocenters. The fourth-order valence-electron chi connectivity index (χ4n) is 2.49. The van der Waals surface area contributed by atoms with Crippen molar-refractivity contribution in [2.75, 3.05) is 17.2 Å². The van der Waals surface area contributed by atoms with Gasteiger partial charge in [-0.1, -0.05) is 17.3 Å². The van der Waals surface area contributed by atoms with Gasteiger partial charge in [0.05, 0.1) is 24.1 Å². The Hall–Kier alpha value is -2.94. The normalized spacial score (nSPS) is 11.4. The molecule has 0 aliphatic rings. The van der Waals surface area contributed by atoms with Crippen molar-refractivity contribution in [1.82, 2.24) is 10.1 Å². The lowest BCUT2D eigenvalue weighted by atomic mass is 10.2. The Morgan fingerprint density at radius 2 is 1.85 bits per heavy atom. The van der Waals surface area contributed by atoms with Gasteiger partial charge in [0.25, 0.3) is 0 Å². The van der Waals surface area contributed by atoms with Crippen LogP contribution in [0.4, 0.5) is 10.1 Å². The summed E-state index contributed by atoms with van der Waals surface area (Å²) in [6.45, 7) is 2.17. The number of ether oxygens (including phenoxy) is 1. The molecule has 3 rings (SSSR count). The molecule has 0 bridgehead atoms. The smallest absolute Gasteiger partial charge is 0.247 e. The molecule has 0 radical (unpaired) electrons. The van der Waals surface area contributed by atoms with Crippen LogP contribution in [0.1, 0.15) is 12.8 Å². The fraction of sp³-hybridized carbons (Fsp3) is 0.222. The molecule has 1 heterocycles. The quantitative estimate of drug-likeness (QED) is 0.615. The molecule has 0 aliphatic carbocycles. The van der Waals surface area contributed by atoms with Crippen LogP contribution in [0.25, 0.3) is 11.4 Å². The standard InChI is InChI=1S/C18H18FN3O4S/c1-3-25-16-7-5-4-6-15(16)18-20-17(26-21-18)12-22(27(2,23)24)14-10-8-13(19)9-11-14/h4-11H,3,12H2,1-2H3. The summed E-state index contributed by atoms with van der Waals surface area (Å²) in [5.74, 6) is 0.540. The van der Waals surface area contributed by atoms with Gasteiger partial charge in [0, 0.05) is 0 Å². The first-order valence-corrected chi connectivity index (χ1v) is 10.0. The first-order chi connectivity index (χ1) is 12.9. The lowest BCUT2D eigenvalue weighted by Crippen LogP contribution is -2.29. The van der Waals surface area contributed by atoms with Crippen LogP contribution in [0.5, 0.6) is 5.75 Å². The van der Waals surface area contributed by atoms with Crippen molar-refractivity contribution in [2.24, 2.45) is 0 Å². The van der Waals surface area contributed by atoms with Crippen LogP contribution >= 0.6 is 0 Å². The van der Waals surface area contributed by atoms with Gasteiger partial charge in [0.1, 0.15) is 18.1 Å². The number of rotatable bonds is 7. The highest BCUT2D eigenvalue weighted by atomic mass is 32.2. The second-order valence-corrected chi connectivity index (χ2v) is 7.59. The highest BCUT2D eigenvalue weighted by molar-refractivity contribution is 7.92. The van der Waals surface area contributed by atoms with Gasteiger partial charge in [-0.3, -0.25) is 4.31 Å². The van der Waals surface area contributed by atoms with Crippen molar-refractivity contribution in [2.45, 2.75) is 13.5 Å². The van der Waals surface area contributed by atoms with Crippen LogP contribution in [0, 0.1) is 5.82 Å². The third-order valence-corrected chi connectivity index (χ3v) is 4.83. The highest BCUT2D eigenvalue weighted by Gasteiger charge is 2.22. The molecule has 0 spiro atoms. The lowest BCUT2D eigenvalue weighted by Gasteiger charge is -2.20. The molecule has 0 N–H and O–H groups in total. The first kappa shape index (κ1) is 18.8. The minimum Gasteiger partial charge on any atom is -0.493 e. The average Bonchev–Trinajstić information content (AvgIpc) is 3.09. The molecule has 2 aromatic carbocycles. The molecule has 3 aromatic rings. The zero-order valence-electron chi connectivity index (χ0n) is 14.8. The van der Waals surface area contributed by atoms with Crippen molar-refractivity contribution in [3.8, 4) is 17.1 Å². The Labute approximate surface area is 156 Å². The maximum atomic E-state index is 13.1. The zero-order chi connectivity index (χ0) is 19.4. The molecule has 7 nitrogen and oxygen atoms in total. The van der Waals surface area contributed by atoms with Gasteiger partial charge in [-0.2, -0.15) is 4.98 Å². The summed E-state index contributed by atoms with van der Waals surface area (Å²) < 4.78 is 49.3. The molecule has 142 valence electrons. The third-order valence-electron chi connectivity index (χ3n) is 3.69. The van der Waals surface area contributed by atoms with Gasteiger partial charge in [-0.25, -0.2) is 12.8 Å². The average molecular weight is 391 g/mol. The van der Waals surface area contributed by atoms with Crippen molar-refractivity contribution in [1.29, 1.82) is 0 Å². The van der Waals surface area contributed by atoms with Gasteiger partial charge < -0.3 is 9.26 Å². The van der Waals surface area contributed by atoms with Crippen molar-refractivity contribution >= 4 is 15.7 Å². The number of hydrogen-bond acceptors (Lipinski definition) is 6. The number of para-hydroxylation sites is 1. The molecule has 0 saturated carbocycles. The van der Waals surface area contributed by atoms with E-state index in [1.165, 1.54) is 24.3 Å². The van der Waals surface area contributed by atoms with Crippen molar-refractivity contribution < 1.29 is 22.1 Å². The van der Waals surface area contributed by atoms with Gasteiger partial charge in [-0.05, 0) is 43.3 Å². The molecule has 0 amide bonds. The van der Waals surface area contributed by atoms with E-state index in [1.807, 2.05) is 19.1 Å². The molecule has 0 aliphatic heterocycles. The van der Waals surface area contributed by atoms with Crippen LogP contribution in [0.2, 0.25) is 0 Å². The van der Waals surface area contributed by atoms with E-state index < -0.39 is 15.8 Å². The van der Waals surface area contributed by atoms with E-state index >= 15 is 0 Å². The Morgan fingerprint density at radius 3 is 2.52 bits per heavy atom. The summed E-state index contributed by atoms with van der Waals surface area (Å²) in [7, 11) is -3.64. The molecule has 0 saturated heterocycles. The summed E-state index contributed by atoms with van der Waals surface area (Å²) in [5, 5.41) is 3.92. The van der Waals surface area contributed by atoms with E-state index in [9.17, 15) is 12.8 Å². The minimum absolute atomic E-state index is 0.103. The SMILES string of the molecule is CCOc1ccccc1-c1noc(CN(c2ccc(F)cc2)S(C)(=O)=O)n1. The summed E-state index contributed by atoms with van der Waals surface area (Å²) in [5.41, 5.74) is 0.940. The number of benzene rings is 2. The Morgan fingerprint density at radius 1 is 1.15 bits per heavy atom. The van der Waals surface area contributed by atoms with E-state index in [4.69, 9.17) is 9.26 Å². The van der Waals surface area contributed by atoms with Crippen LogP contribution in [0.15, 0.2) is 53.1 Å². The Balaban J connectivity index is 1.90. The number of aromatic nitrogens is 2. The third kappa shape index (κ3) is 4.43. The molecule has 27 heavy (non-hydrogen) atoms. The van der Waals surface area contributed by atoms with E-state index in [1.54, 1.807) is 12.1 Å². The van der Waals surface area contributed by atoms with E-state index in [0.717, 1.165) is 10.6 Å². The molecule has 1 aromatic heterocycles. The second-order valence-electron chi connectivity index (χ2n) is 5.69. The number of anilines is 1. The lowest BCUT2D eigenvalue weighted by molar-refractivity contribution is 0.341. The number of nitrogens with zero attached hydrogens (tertiary/aromatic N) is 3. The zero-order valence-corrected chi connectivity index (χ0v) is 15.6. The predicted molar refractivity (Wildman–Crippen MR) is 98.3 cm³/mol. The maximum Gasteiger partial charge on any atom is 0.247 e. The number of sulfonamides is 1. The van der Waals surface area contributed by atoms with Crippen LogP contribution in [-0.4, -0.2) is 31.4 Å². The maximum absolute atomic E-state index is 13.1. The second kappa shape index (κ2) is 7.75. The van der Waals surface area contributed by atoms with Crippen molar-refractivity contribution in [3.63, 3.8) is 0 Å². The van der Waals surface area contributed by atoms with E-state index in [0.29, 0.717) is 29.4 Å². The van der Waals surface area contributed by atoms with Crippen molar-refractivity contribution in [3.05, 3.63) is 60.2 Å². The van der Waals surface area contributed by atoms with Gasteiger partial charge in [-0.15, -0.1) is 0 Å². The summed E-state index contributed by atoms with van der Waals surface area (Å²) in [6, 6.07) is 12.3. The van der Waals surface area contributed by atoms with Crippen LogP contribution in [-0.2, 0) is 16.6 Å². The molecule has 0 fully saturated rings. The summed E-state index contributed by atoms with van der Waals surface area (Å²) in [4.78, 5) is 4.28. The molecule has 0 unspecified atom stereocenters. The highest BCUT2D eigenvalue weighted by Crippen LogP contribution is 2.28. The van der Waals surface area contributed by atoms with Gasteiger partial charge in [0.15, 0.2) is 0 Å². The Bertz CT molecular complexity index is 1020. The van der Waals surface area contributed by atoms with E-state index in [2.05, 4.69) is 10.1 Å². The van der Waals surface area contributed by atoms with Crippen LogP contribution < -0.4 is 9.04 Å². The number of halogens is 1. The topological polar surface area (TPSA) is 85.5 Å². The number of hydrogen-bond donors (Lipinski definition) is 0. The fourth-order valence-corrected chi connectivity index (χ4v) is 3.34. The largest absolute Gasteiger partial charge is 0.493 e. The molecular formula is C18H18FN3O4S. The summed E-state index contributed by atoms with van der Waals surface area (Å²) in [6.07, 6.45) is 1.05. The monoisotopic (exact) mass is 391 g/mol.